The molecule has 0 amide bonds. The van der Waals surface area contributed by atoms with E-state index in [1.54, 1.807) is 0 Å². The van der Waals surface area contributed by atoms with E-state index in [0.29, 0.717) is 0 Å². The van der Waals surface area contributed by atoms with Crippen molar-refractivity contribution >= 4 is 34.8 Å². The van der Waals surface area contributed by atoms with Crippen LogP contribution in [0.1, 0.15) is 0 Å². The number of hydrogen-bond acceptors (Lipinski definition) is 3. The topological polar surface area (TPSA) is 75.2 Å². The molecule has 0 atom stereocenters. The van der Waals surface area contributed by atoms with E-state index in [0.717, 1.165) is 0 Å². The number of hydrogen-bond donors (Lipinski definition) is 2. The average molecular weight is 198 g/mol. The number of halogens is 3. The molecular formula is C2H6Cl3NO3. The normalized spacial score (nSPS) is 11.3. The van der Waals surface area contributed by atoms with Gasteiger partial charge < -0.3 is 15.8 Å². The fourth-order valence-corrected chi connectivity index (χ4v) is 0.241. The summed E-state index contributed by atoms with van der Waals surface area (Å²) in [4.78, 5) is 0. The van der Waals surface area contributed by atoms with Crippen molar-refractivity contribution in [3.8, 4) is 0 Å². The second-order valence-corrected chi connectivity index (χ2v) is 3.23. The molecule has 0 saturated heterocycles. The molecule has 0 rings (SSSR count). The van der Waals surface area contributed by atoms with Crippen molar-refractivity contribution in [2.45, 2.75) is 3.92 Å². The van der Waals surface area contributed by atoms with Gasteiger partial charge in [0.05, 0.1) is 0 Å². The molecule has 0 fully saturated rings. The van der Waals surface area contributed by atoms with E-state index in [-0.39, 0.29) is 10.5 Å². The molecule has 0 heterocycles. The number of nitrogens with zero attached hydrogens (tertiary/aromatic N) is 1. The van der Waals surface area contributed by atoms with Crippen LogP contribution >= 0.6 is 34.8 Å². The summed E-state index contributed by atoms with van der Waals surface area (Å²) in [5, 5.41) is 16.6. The van der Waals surface area contributed by atoms with Crippen LogP contribution < -0.4 is 0 Å². The first-order valence-corrected chi connectivity index (χ1v) is 2.76. The third-order valence-electron chi connectivity index (χ3n) is 0.427. The van der Waals surface area contributed by atoms with Gasteiger partial charge >= 0.3 is 0 Å². The van der Waals surface area contributed by atoms with Gasteiger partial charge in [0.1, 0.15) is 6.73 Å². The van der Waals surface area contributed by atoms with Crippen LogP contribution in [-0.4, -0.2) is 31.5 Å². The van der Waals surface area contributed by atoms with Crippen LogP contribution in [0.5, 0.6) is 0 Å². The lowest BCUT2D eigenvalue weighted by Gasteiger charge is -2.18. The highest BCUT2D eigenvalue weighted by molar-refractivity contribution is 6.67. The highest BCUT2D eigenvalue weighted by Crippen LogP contribution is 2.28. The van der Waals surface area contributed by atoms with Gasteiger partial charge in [0.15, 0.2) is 0 Å². The Morgan fingerprint density at radius 1 is 1.33 bits per heavy atom. The largest absolute Gasteiger partial charge is 0.412 e. The van der Waals surface area contributed by atoms with E-state index in [2.05, 4.69) is 0 Å². The Hall–Kier alpha value is 0.710. The Morgan fingerprint density at radius 3 is 1.67 bits per heavy atom. The lowest BCUT2D eigenvalue weighted by Crippen LogP contribution is -2.32. The summed E-state index contributed by atoms with van der Waals surface area (Å²) in [5.74, 6) is 0. The lowest BCUT2D eigenvalue weighted by molar-refractivity contribution is -0.146. The molecule has 0 spiro atoms. The van der Waals surface area contributed by atoms with E-state index in [4.69, 9.17) is 45.1 Å². The fourth-order valence-electron chi connectivity index (χ4n) is 0.0802. The predicted octanol–water partition coefficient (Wildman–Crippen LogP) is 0.130. The van der Waals surface area contributed by atoms with Crippen LogP contribution in [0.3, 0.4) is 0 Å². The third-order valence-corrected chi connectivity index (χ3v) is 1.01. The molecule has 0 aliphatic rings. The molecule has 0 aromatic rings. The van der Waals surface area contributed by atoms with Gasteiger partial charge in [-0.3, -0.25) is 0 Å². The maximum absolute atomic E-state index is 8.38. The zero-order valence-corrected chi connectivity index (χ0v) is 6.45. The van der Waals surface area contributed by atoms with Gasteiger partial charge in [0, 0.05) is 0 Å². The Bertz CT molecular complexity index is 73.9. The van der Waals surface area contributed by atoms with Crippen LogP contribution in [0.25, 0.3) is 0 Å². The second kappa shape index (κ2) is 4.51. The zero-order valence-electron chi connectivity index (χ0n) is 4.18. The highest BCUT2D eigenvalue weighted by Gasteiger charge is 2.27. The number of aliphatic hydroxyl groups is 1. The van der Waals surface area contributed by atoms with Gasteiger partial charge in [-0.2, -0.15) is 0 Å². The molecule has 4 nitrogen and oxygen atoms in total. The first kappa shape index (κ1) is 12.4. The highest BCUT2D eigenvalue weighted by atomic mass is 35.6. The molecule has 0 aromatic heterocycles. The van der Waals surface area contributed by atoms with E-state index in [1.807, 2.05) is 0 Å². The summed E-state index contributed by atoms with van der Waals surface area (Å²) >= 11 is 15.1. The van der Waals surface area contributed by atoms with Gasteiger partial charge in [-0.15, -0.1) is 5.06 Å². The summed E-state index contributed by atoms with van der Waals surface area (Å²) < 4.78 is -1.94. The molecule has 7 heteroatoms. The smallest absolute Gasteiger partial charge is 0.271 e. The van der Waals surface area contributed by atoms with E-state index in [9.17, 15) is 0 Å². The monoisotopic (exact) mass is 197 g/mol. The lowest BCUT2D eigenvalue weighted by atomic mass is 11.1. The number of aliphatic hydroxyl groups excluding tert-OH is 1. The fraction of sp³-hybridized carbons (Fsp3) is 1.00. The van der Waals surface area contributed by atoms with Crippen molar-refractivity contribution < 1.29 is 15.8 Å². The Kier molecular flexibility index (Phi) is 6.22. The van der Waals surface area contributed by atoms with Gasteiger partial charge in [0.2, 0.25) is 0 Å². The quantitative estimate of drug-likeness (QED) is 0.272. The molecule has 0 aromatic carbocycles. The SMILES string of the molecule is O.OCN(O)C(Cl)(Cl)Cl. The molecule has 0 radical (unpaired) electrons. The Morgan fingerprint density at radius 2 is 1.67 bits per heavy atom. The molecular weight excluding hydrogens is 192 g/mol. The molecule has 4 N–H and O–H groups in total. The zero-order chi connectivity index (χ0) is 6.78. The van der Waals surface area contributed by atoms with Crippen LogP contribution in [0.15, 0.2) is 0 Å². The maximum atomic E-state index is 8.38. The van der Waals surface area contributed by atoms with Crippen molar-refractivity contribution in [1.82, 2.24) is 5.06 Å². The standard InChI is InChI=1S/C2H4Cl3NO2.H2O/c3-2(4,5)6(8)1-7;/h7-8H,1H2;1H2. The van der Waals surface area contributed by atoms with Crippen molar-refractivity contribution in [1.29, 1.82) is 0 Å². The van der Waals surface area contributed by atoms with E-state index >= 15 is 0 Å². The molecule has 0 bridgehead atoms. The van der Waals surface area contributed by atoms with Crippen LogP contribution in [0, 0.1) is 0 Å². The number of alkyl halides is 3. The predicted molar refractivity (Wildman–Crippen MR) is 34.6 cm³/mol. The molecule has 0 aliphatic heterocycles. The number of hydroxylamine groups is 2. The van der Waals surface area contributed by atoms with Crippen molar-refractivity contribution in [2.75, 3.05) is 6.73 Å². The van der Waals surface area contributed by atoms with Gasteiger partial charge in [-0.25, -0.2) is 0 Å². The summed E-state index contributed by atoms with van der Waals surface area (Å²) in [6, 6.07) is 0. The molecule has 0 unspecified atom stereocenters. The first-order chi connectivity index (χ1) is 3.48. The molecule has 0 saturated carbocycles. The number of rotatable bonds is 1. The van der Waals surface area contributed by atoms with Crippen molar-refractivity contribution in [3.63, 3.8) is 0 Å². The summed E-state index contributed by atoms with van der Waals surface area (Å²) in [7, 11) is 0. The Balaban J connectivity index is 0. The average Bonchev–Trinajstić information content (AvgIpc) is 1.62. The second-order valence-electron chi connectivity index (χ2n) is 1.01. The van der Waals surface area contributed by atoms with Crippen LogP contribution in [0.4, 0.5) is 0 Å². The van der Waals surface area contributed by atoms with Crippen LogP contribution in [0.2, 0.25) is 0 Å². The van der Waals surface area contributed by atoms with Gasteiger partial charge in [-0.05, 0) is 0 Å². The minimum atomic E-state index is -1.94. The van der Waals surface area contributed by atoms with E-state index < -0.39 is 10.6 Å². The Labute approximate surface area is 66.8 Å². The van der Waals surface area contributed by atoms with Gasteiger partial charge in [-0.1, -0.05) is 34.8 Å². The summed E-state index contributed by atoms with van der Waals surface area (Å²) in [6.45, 7) is -0.712. The first-order valence-electron chi connectivity index (χ1n) is 1.62. The minimum absolute atomic E-state index is 0. The minimum Gasteiger partial charge on any atom is -0.412 e. The summed E-state index contributed by atoms with van der Waals surface area (Å²) in [5.41, 5.74) is 0. The molecule has 58 valence electrons. The third kappa shape index (κ3) is 5.17. The van der Waals surface area contributed by atoms with Crippen LogP contribution in [-0.2, 0) is 0 Å². The van der Waals surface area contributed by atoms with Crippen molar-refractivity contribution in [3.05, 3.63) is 0 Å². The van der Waals surface area contributed by atoms with Gasteiger partial charge in [0.25, 0.3) is 3.92 Å². The maximum Gasteiger partial charge on any atom is 0.271 e. The summed E-state index contributed by atoms with van der Waals surface area (Å²) in [6.07, 6.45) is 0. The van der Waals surface area contributed by atoms with E-state index in [1.165, 1.54) is 0 Å². The molecule has 0 aliphatic carbocycles. The molecule has 9 heavy (non-hydrogen) atoms. The van der Waals surface area contributed by atoms with Crippen molar-refractivity contribution in [2.24, 2.45) is 0 Å².